The van der Waals surface area contributed by atoms with Crippen LogP contribution in [0.5, 0.6) is 0 Å². The van der Waals surface area contributed by atoms with Crippen molar-refractivity contribution in [3.05, 3.63) is 39.9 Å². The van der Waals surface area contributed by atoms with E-state index in [9.17, 15) is 37.7 Å². The van der Waals surface area contributed by atoms with Crippen LogP contribution in [0.2, 0.25) is 0 Å². The van der Waals surface area contributed by atoms with Gasteiger partial charge in [-0.05, 0) is 24.1 Å². The molecule has 1 aromatic rings. The molecule has 1 N–H and O–H groups in total. The van der Waals surface area contributed by atoms with Crippen LogP contribution in [-0.4, -0.2) is 35.7 Å². The third-order valence-corrected chi connectivity index (χ3v) is 4.77. The Morgan fingerprint density at radius 2 is 2.03 bits per heavy atom. The molecule has 11 heteroatoms. The lowest BCUT2D eigenvalue weighted by atomic mass is 9.88. The molecule has 1 aliphatic rings. The molecule has 0 aromatic heterocycles. The highest BCUT2D eigenvalue weighted by Crippen LogP contribution is 2.36. The van der Waals surface area contributed by atoms with E-state index in [-0.39, 0.29) is 23.8 Å². The molecule has 1 aliphatic carbocycles. The maximum absolute atomic E-state index is 12.7. The predicted molar refractivity (Wildman–Crippen MR) is 93.3 cm³/mol. The second kappa shape index (κ2) is 9.01. The average molecular weight is 416 g/mol. The Labute approximate surface area is 163 Å². The highest BCUT2D eigenvalue weighted by Gasteiger charge is 2.44. The Bertz CT molecular complexity index is 811. The van der Waals surface area contributed by atoms with Gasteiger partial charge in [0.15, 0.2) is 6.61 Å². The smallest absolute Gasteiger partial charge is 0.416 e. The maximum Gasteiger partial charge on any atom is 0.416 e. The summed E-state index contributed by atoms with van der Waals surface area (Å²) in [6.45, 7) is 0.492. The minimum atomic E-state index is -4.57. The molecule has 1 fully saturated rings. The quantitative estimate of drug-likeness (QED) is 0.415. The lowest BCUT2D eigenvalue weighted by Crippen LogP contribution is -2.28. The normalized spacial score (nSPS) is 21.7. The van der Waals surface area contributed by atoms with E-state index in [1.165, 1.54) is 6.07 Å². The molecule has 8 nitrogen and oxygen atoms in total. The number of carbonyl (C=O) groups is 3. The second-order valence-corrected chi connectivity index (χ2v) is 6.92. The van der Waals surface area contributed by atoms with Gasteiger partial charge in [0.05, 0.1) is 12.0 Å². The van der Waals surface area contributed by atoms with Crippen molar-refractivity contribution >= 4 is 23.3 Å². The number of alkyl halides is 3. The molecule has 0 unspecified atom stereocenters. The van der Waals surface area contributed by atoms with E-state index >= 15 is 0 Å². The van der Waals surface area contributed by atoms with Crippen LogP contribution in [0.3, 0.4) is 0 Å². The van der Waals surface area contributed by atoms with Gasteiger partial charge in [-0.2, -0.15) is 13.2 Å². The summed E-state index contributed by atoms with van der Waals surface area (Å²) in [5.41, 5.74) is -1.07. The predicted octanol–water partition coefficient (Wildman–Crippen LogP) is 2.70. The van der Waals surface area contributed by atoms with Crippen molar-refractivity contribution in [1.82, 2.24) is 0 Å². The minimum absolute atomic E-state index is 0.119. The Balaban J connectivity index is 1.88. The SMILES string of the molecule is C[C@@H]1CC(=O)[C@H](CC(=O)OCC(=O)Nc2cccc(C(F)(F)F)c2)[C@@H]1C[N+](=O)[O-]. The molecule has 29 heavy (non-hydrogen) atoms. The van der Waals surface area contributed by atoms with Gasteiger partial charge in [-0.15, -0.1) is 0 Å². The van der Waals surface area contributed by atoms with Crippen molar-refractivity contribution in [2.24, 2.45) is 17.8 Å². The number of ether oxygens (including phenoxy) is 1. The van der Waals surface area contributed by atoms with Crippen molar-refractivity contribution < 1.29 is 37.2 Å². The molecule has 1 amide bonds. The molecule has 3 atom stereocenters. The number of benzene rings is 1. The molecule has 1 aromatic carbocycles. The minimum Gasteiger partial charge on any atom is -0.456 e. The highest BCUT2D eigenvalue weighted by atomic mass is 19.4. The highest BCUT2D eigenvalue weighted by molar-refractivity contribution is 5.93. The number of amides is 1. The summed E-state index contributed by atoms with van der Waals surface area (Å²) in [4.78, 5) is 46.0. The fourth-order valence-corrected chi connectivity index (χ4v) is 3.35. The van der Waals surface area contributed by atoms with Crippen molar-refractivity contribution in [3.8, 4) is 0 Å². The van der Waals surface area contributed by atoms with Crippen LogP contribution >= 0.6 is 0 Å². The summed E-state index contributed by atoms with van der Waals surface area (Å²) >= 11 is 0. The van der Waals surface area contributed by atoms with E-state index in [4.69, 9.17) is 4.74 Å². The number of nitro groups is 1. The monoisotopic (exact) mass is 416 g/mol. The van der Waals surface area contributed by atoms with Crippen molar-refractivity contribution in [3.63, 3.8) is 0 Å². The zero-order chi connectivity index (χ0) is 21.8. The summed E-state index contributed by atoms with van der Waals surface area (Å²) in [6.07, 6.45) is -4.83. The number of ketones is 1. The summed E-state index contributed by atoms with van der Waals surface area (Å²) in [5, 5.41) is 12.9. The first-order valence-corrected chi connectivity index (χ1v) is 8.74. The molecule has 158 valence electrons. The molecular formula is C18H19F3N2O6. The first-order chi connectivity index (χ1) is 13.5. The summed E-state index contributed by atoms with van der Waals surface area (Å²) < 4.78 is 42.8. The number of nitrogens with zero attached hydrogens (tertiary/aromatic N) is 1. The van der Waals surface area contributed by atoms with E-state index in [1.807, 2.05) is 0 Å². The Kier molecular flexibility index (Phi) is 6.93. The standard InChI is InChI=1S/C18H19F3N2O6/c1-10-5-15(24)13(14(10)8-23(27)28)7-17(26)29-9-16(25)22-12-4-2-3-11(6-12)18(19,20)21/h2-4,6,10,13-14H,5,7-9H2,1H3,(H,22,25)/t10-,13-,14-/m1/s1. The van der Waals surface area contributed by atoms with Crippen molar-refractivity contribution in [2.75, 3.05) is 18.5 Å². The third kappa shape index (κ3) is 6.26. The van der Waals surface area contributed by atoms with Gasteiger partial charge in [0, 0.05) is 28.9 Å². The van der Waals surface area contributed by atoms with Gasteiger partial charge in [-0.1, -0.05) is 13.0 Å². The van der Waals surface area contributed by atoms with Gasteiger partial charge >= 0.3 is 12.1 Å². The fraction of sp³-hybridized carbons (Fsp3) is 0.500. The number of hydrogen-bond donors (Lipinski definition) is 1. The Morgan fingerprint density at radius 1 is 1.34 bits per heavy atom. The van der Waals surface area contributed by atoms with Crippen LogP contribution in [0.1, 0.15) is 25.3 Å². The van der Waals surface area contributed by atoms with Crippen LogP contribution in [0.4, 0.5) is 18.9 Å². The average Bonchev–Trinajstić information content (AvgIpc) is 2.86. The number of esters is 1. The lowest BCUT2D eigenvalue weighted by Gasteiger charge is -2.17. The Morgan fingerprint density at radius 3 is 2.66 bits per heavy atom. The summed E-state index contributed by atoms with van der Waals surface area (Å²) in [5.74, 6) is -3.70. The molecule has 1 saturated carbocycles. The molecule has 0 saturated heterocycles. The number of Topliss-reactive ketones (excluding diaryl/α,β-unsaturated/α-hetero) is 1. The second-order valence-electron chi connectivity index (χ2n) is 6.92. The van der Waals surface area contributed by atoms with Crippen molar-refractivity contribution in [2.45, 2.75) is 25.9 Å². The number of carbonyl (C=O) groups excluding carboxylic acids is 3. The molecule has 0 aliphatic heterocycles. The zero-order valence-electron chi connectivity index (χ0n) is 15.4. The van der Waals surface area contributed by atoms with Gasteiger partial charge in [0.1, 0.15) is 5.78 Å². The number of halogens is 3. The molecule has 0 bridgehead atoms. The van der Waals surface area contributed by atoms with Gasteiger partial charge in [-0.25, -0.2) is 0 Å². The molecule has 0 heterocycles. The first kappa shape index (κ1) is 22.3. The fourth-order valence-electron chi connectivity index (χ4n) is 3.35. The van der Waals surface area contributed by atoms with Gasteiger partial charge < -0.3 is 10.1 Å². The van der Waals surface area contributed by atoms with Crippen LogP contribution in [-0.2, 0) is 25.3 Å². The summed E-state index contributed by atoms with van der Waals surface area (Å²) in [6, 6.07) is 3.94. The largest absolute Gasteiger partial charge is 0.456 e. The van der Waals surface area contributed by atoms with E-state index < -0.39 is 59.9 Å². The third-order valence-electron chi connectivity index (χ3n) is 4.77. The van der Waals surface area contributed by atoms with E-state index in [0.29, 0.717) is 0 Å². The molecule has 0 radical (unpaired) electrons. The topological polar surface area (TPSA) is 116 Å². The van der Waals surface area contributed by atoms with Gasteiger partial charge in [0.2, 0.25) is 6.54 Å². The lowest BCUT2D eigenvalue weighted by molar-refractivity contribution is -0.490. The van der Waals surface area contributed by atoms with E-state index in [2.05, 4.69) is 5.32 Å². The van der Waals surface area contributed by atoms with Gasteiger partial charge in [-0.3, -0.25) is 24.5 Å². The summed E-state index contributed by atoms with van der Waals surface area (Å²) in [7, 11) is 0. The van der Waals surface area contributed by atoms with Crippen LogP contribution in [0.15, 0.2) is 24.3 Å². The molecule has 0 spiro atoms. The molecule has 2 rings (SSSR count). The number of nitrogens with one attached hydrogen (secondary N) is 1. The zero-order valence-corrected chi connectivity index (χ0v) is 15.4. The number of hydrogen-bond acceptors (Lipinski definition) is 6. The first-order valence-electron chi connectivity index (χ1n) is 8.74. The van der Waals surface area contributed by atoms with Crippen LogP contribution in [0.25, 0.3) is 0 Å². The molecular weight excluding hydrogens is 397 g/mol. The van der Waals surface area contributed by atoms with E-state index in [0.717, 1.165) is 18.2 Å². The van der Waals surface area contributed by atoms with Crippen LogP contribution in [0, 0.1) is 27.9 Å². The number of rotatable bonds is 7. The van der Waals surface area contributed by atoms with E-state index in [1.54, 1.807) is 6.92 Å². The Hall–Kier alpha value is -2.98. The van der Waals surface area contributed by atoms with Crippen LogP contribution < -0.4 is 5.32 Å². The van der Waals surface area contributed by atoms with Crippen molar-refractivity contribution in [1.29, 1.82) is 0 Å². The number of anilines is 1. The maximum atomic E-state index is 12.7. The van der Waals surface area contributed by atoms with Gasteiger partial charge in [0.25, 0.3) is 5.91 Å².